The lowest BCUT2D eigenvalue weighted by Crippen LogP contribution is -2.14. The molecule has 5 aromatic carbocycles. The Morgan fingerprint density at radius 1 is 0.581 bits per heavy atom. The molecule has 0 aliphatic heterocycles. The number of hydrogen-bond donors (Lipinski definition) is 0. The molecule has 1 unspecified atom stereocenters. The van der Waals surface area contributed by atoms with E-state index in [-0.39, 0.29) is 6.04 Å². The van der Waals surface area contributed by atoms with Gasteiger partial charge < -0.3 is 9.13 Å². The second-order valence-corrected chi connectivity index (χ2v) is 11.6. The Kier molecular flexibility index (Phi) is 5.42. The molecular weight excluding hydrogens is 520 g/mol. The minimum atomic E-state index is 0.252. The van der Waals surface area contributed by atoms with Crippen molar-refractivity contribution in [3.8, 4) is 27.9 Å². The number of aromatic nitrogens is 2. The number of hydrogen-bond acceptors (Lipinski definition) is 0. The van der Waals surface area contributed by atoms with Crippen molar-refractivity contribution in [1.29, 1.82) is 0 Å². The predicted octanol–water partition coefficient (Wildman–Crippen LogP) is 10.3. The summed E-state index contributed by atoms with van der Waals surface area (Å²) in [7, 11) is 0. The first-order valence-corrected chi connectivity index (χ1v) is 15.2. The molecule has 0 bridgehead atoms. The van der Waals surface area contributed by atoms with Crippen LogP contribution in [0, 0.1) is 0 Å². The third kappa shape index (κ3) is 3.66. The second-order valence-electron chi connectivity index (χ2n) is 11.6. The van der Waals surface area contributed by atoms with E-state index in [4.69, 9.17) is 0 Å². The van der Waals surface area contributed by atoms with Crippen LogP contribution in [0.15, 0.2) is 140 Å². The fourth-order valence-corrected chi connectivity index (χ4v) is 7.49. The predicted molar refractivity (Wildman–Crippen MR) is 181 cm³/mol. The zero-order valence-corrected chi connectivity index (χ0v) is 23.8. The maximum absolute atomic E-state index is 2.59. The van der Waals surface area contributed by atoms with E-state index in [0.717, 1.165) is 12.8 Å². The molecule has 0 N–H and O–H groups in total. The zero-order chi connectivity index (χ0) is 28.3. The molecule has 0 fully saturated rings. The van der Waals surface area contributed by atoms with Gasteiger partial charge in [0.1, 0.15) is 0 Å². The van der Waals surface area contributed by atoms with Crippen LogP contribution in [0.2, 0.25) is 0 Å². The van der Waals surface area contributed by atoms with E-state index >= 15 is 0 Å². The van der Waals surface area contributed by atoms with Crippen LogP contribution in [0.25, 0.3) is 61.9 Å². The number of fused-ring (bicyclic) bond motifs is 8. The first-order valence-electron chi connectivity index (χ1n) is 15.2. The van der Waals surface area contributed by atoms with Crippen LogP contribution in [-0.2, 0) is 12.8 Å². The molecule has 0 saturated heterocycles. The third-order valence-electron chi connectivity index (χ3n) is 9.30. The third-order valence-corrected chi connectivity index (χ3v) is 9.30. The molecule has 204 valence electrons. The van der Waals surface area contributed by atoms with E-state index in [1.807, 2.05) is 0 Å². The van der Waals surface area contributed by atoms with Crippen molar-refractivity contribution in [2.45, 2.75) is 18.9 Å². The Hall–Kier alpha value is -5.34. The van der Waals surface area contributed by atoms with Crippen LogP contribution >= 0.6 is 0 Å². The lowest BCUT2D eigenvalue weighted by Gasteiger charge is -2.23. The molecular formula is C41H30N2. The SMILES string of the molecule is C1=Cc2c(c3ccccc3n2C2C=Cc3ccccc3C2)-c2c(n(-c3ccccc3-c3ccccc3)c3ccccc23)C1. The molecule has 0 spiro atoms. The Morgan fingerprint density at radius 3 is 2.16 bits per heavy atom. The molecule has 2 heterocycles. The molecule has 9 rings (SSSR count). The van der Waals surface area contributed by atoms with Crippen molar-refractivity contribution in [2.75, 3.05) is 0 Å². The summed E-state index contributed by atoms with van der Waals surface area (Å²) in [5.41, 5.74) is 14.3. The van der Waals surface area contributed by atoms with Gasteiger partial charge >= 0.3 is 0 Å². The van der Waals surface area contributed by atoms with Crippen LogP contribution in [-0.4, -0.2) is 9.13 Å². The average molecular weight is 551 g/mol. The highest BCUT2D eigenvalue weighted by Crippen LogP contribution is 2.47. The summed E-state index contributed by atoms with van der Waals surface area (Å²) in [5.74, 6) is 0. The lowest BCUT2D eigenvalue weighted by molar-refractivity contribution is 0.614. The molecule has 2 heteroatoms. The molecule has 0 saturated carbocycles. The van der Waals surface area contributed by atoms with Gasteiger partial charge in [0.25, 0.3) is 0 Å². The van der Waals surface area contributed by atoms with E-state index < -0.39 is 0 Å². The summed E-state index contributed by atoms with van der Waals surface area (Å²) in [5, 5.41) is 2.62. The Morgan fingerprint density at radius 2 is 1.28 bits per heavy atom. The smallest absolute Gasteiger partial charge is 0.0566 e. The topological polar surface area (TPSA) is 9.86 Å². The maximum Gasteiger partial charge on any atom is 0.0566 e. The minimum Gasteiger partial charge on any atom is -0.333 e. The van der Waals surface area contributed by atoms with E-state index in [1.165, 1.54) is 72.3 Å². The second kappa shape index (κ2) is 9.61. The van der Waals surface area contributed by atoms with Gasteiger partial charge in [-0.2, -0.15) is 0 Å². The van der Waals surface area contributed by atoms with Crippen molar-refractivity contribution in [2.24, 2.45) is 0 Å². The first kappa shape index (κ1) is 24.3. The molecule has 0 amide bonds. The van der Waals surface area contributed by atoms with Crippen LogP contribution in [0.3, 0.4) is 0 Å². The molecule has 1 atom stereocenters. The largest absolute Gasteiger partial charge is 0.333 e. The van der Waals surface area contributed by atoms with Gasteiger partial charge in [0, 0.05) is 45.1 Å². The number of rotatable bonds is 3. The van der Waals surface area contributed by atoms with Gasteiger partial charge in [-0.15, -0.1) is 0 Å². The van der Waals surface area contributed by atoms with E-state index in [2.05, 4.69) is 161 Å². The van der Waals surface area contributed by atoms with Crippen LogP contribution in [0.5, 0.6) is 0 Å². The molecule has 2 aliphatic rings. The van der Waals surface area contributed by atoms with E-state index in [0.29, 0.717) is 0 Å². The lowest BCUT2D eigenvalue weighted by atomic mass is 9.94. The summed E-state index contributed by atoms with van der Waals surface area (Å²) in [6, 6.07) is 46.6. The highest BCUT2D eigenvalue weighted by Gasteiger charge is 2.29. The molecule has 0 radical (unpaired) electrons. The fraction of sp³-hybridized carbons (Fsp3) is 0.0732. The van der Waals surface area contributed by atoms with Gasteiger partial charge in [0.2, 0.25) is 0 Å². The van der Waals surface area contributed by atoms with Gasteiger partial charge in [-0.3, -0.25) is 0 Å². The standard InChI is InChI=1S/C41H30N2/c1-2-14-29(15-3-1)32-17-6-9-20-35(32)43-37-22-11-8-19-34(37)41-39(43)24-12-23-38-40(41)33-18-7-10-21-36(33)42(38)31-26-25-28-13-4-5-16-30(28)27-31/h1-23,25-26,31H,24,27H2. The molecule has 2 aromatic heterocycles. The van der Waals surface area contributed by atoms with Gasteiger partial charge in [-0.25, -0.2) is 0 Å². The van der Waals surface area contributed by atoms with E-state index in [1.54, 1.807) is 0 Å². The van der Waals surface area contributed by atoms with Crippen molar-refractivity contribution in [3.05, 3.63) is 162 Å². The fourth-order valence-electron chi connectivity index (χ4n) is 7.49. The minimum absolute atomic E-state index is 0.252. The summed E-state index contributed by atoms with van der Waals surface area (Å²) in [6.45, 7) is 0. The molecule has 7 aromatic rings. The number of allylic oxidation sites excluding steroid dienone is 2. The number of para-hydroxylation sites is 3. The Balaban J connectivity index is 1.34. The van der Waals surface area contributed by atoms with Gasteiger partial charge in [-0.05, 0) is 47.4 Å². The molecule has 2 aliphatic carbocycles. The maximum atomic E-state index is 2.59. The first-order chi connectivity index (χ1) is 21.4. The van der Waals surface area contributed by atoms with Crippen molar-refractivity contribution in [1.82, 2.24) is 9.13 Å². The number of nitrogens with zero attached hydrogens (tertiary/aromatic N) is 2. The monoisotopic (exact) mass is 550 g/mol. The summed E-state index contributed by atoms with van der Waals surface area (Å²) >= 11 is 0. The van der Waals surface area contributed by atoms with Crippen molar-refractivity contribution >= 4 is 34.0 Å². The van der Waals surface area contributed by atoms with E-state index in [9.17, 15) is 0 Å². The highest BCUT2D eigenvalue weighted by atomic mass is 15.0. The van der Waals surface area contributed by atoms with Crippen LogP contribution < -0.4 is 0 Å². The van der Waals surface area contributed by atoms with Crippen molar-refractivity contribution in [3.63, 3.8) is 0 Å². The quantitative estimate of drug-likeness (QED) is 0.207. The van der Waals surface area contributed by atoms with Crippen LogP contribution in [0.1, 0.15) is 28.6 Å². The summed E-state index contributed by atoms with van der Waals surface area (Å²) in [6.07, 6.45) is 11.3. The van der Waals surface area contributed by atoms with Gasteiger partial charge in [0.05, 0.1) is 22.9 Å². The van der Waals surface area contributed by atoms with Gasteiger partial charge in [0.15, 0.2) is 0 Å². The zero-order valence-electron chi connectivity index (χ0n) is 23.8. The van der Waals surface area contributed by atoms with Crippen molar-refractivity contribution < 1.29 is 0 Å². The average Bonchev–Trinajstić information content (AvgIpc) is 3.49. The molecule has 2 nitrogen and oxygen atoms in total. The summed E-state index contributed by atoms with van der Waals surface area (Å²) < 4.78 is 5.11. The Labute approximate surface area is 251 Å². The van der Waals surface area contributed by atoms with Gasteiger partial charge in [-0.1, -0.05) is 127 Å². The highest BCUT2D eigenvalue weighted by molar-refractivity contribution is 6.11. The number of benzene rings is 5. The Bertz CT molecular complexity index is 2240. The van der Waals surface area contributed by atoms with Crippen LogP contribution in [0.4, 0.5) is 0 Å². The molecule has 43 heavy (non-hydrogen) atoms. The summed E-state index contributed by atoms with van der Waals surface area (Å²) in [4.78, 5) is 0. The normalized spacial score (nSPS) is 15.3.